The Morgan fingerprint density at radius 1 is 1.26 bits per heavy atom. The largest absolute Gasteiger partial charge is 0.493 e. The van der Waals surface area contributed by atoms with Crippen LogP contribution in [0.25, 0.3) is 16.8 Å². The van der Waals surface area contributed by atoms with Crippen molar-refractivity contribution in [1.29, 1.82) is 0 Å². The second-order valence-electron chi connectivity index (χ2n) is 8.74. The fourth-order valence-corrected chi connectivity index (χ4v) is 4.74. The van der Waals surface area contributed by atoms with E-state index >= 15 is 0 Å². The number of hydrogen-bond donors (Lipinski definition) is 1. The molecule has 1 aliphatic rings. The predicted molar refractivity (Wildman–Crippen MR) is 129 cm³/mol. The molecule has 3 heterocycles. The number of aromatic nitrogens is 3. The number of amides is 1. The molecule has 1 atom stereocenters. The summed E-state index contributed by atoms with van der Waals surface area (Å²) >= 11 is 6.03. The van der Waals surface area contributed by atoms with Crippen molar-refractivity contribution >= 4 is 23.2 Å². The van der Waals surface area contributed by atoms with Crippen molar-refractivity contribution in [2.75, 3.05) is 6.61 Å². The van der Waals surface area contributed by atoms with E-state index < -0.39 is 5.82 Å². The number of fused-ring (bicyclic) bond motifs is 2. The van der Waals surface area contributed by atoms with Crippen LogP contribution in [0, 0.1) is 12.7 Å². The molecule has 0 saturated heterocycles. The second-order valence-corrected chi connectivity index (χ2v) is 9.14. The Labute approximate surface area is 201 Å². The molecular weight excluding hydrogens is 455 g/mol. The van der Waals surface area contributed by atoms with Gasteiger partial charge < -0.3 is 10.1 Å². The van der Waals surface area contributed by atoms with E-state index in [0.717, 1.165) is 28.1 Å². The molecular formula is C26H24ClFN4O2. The molecule has 8 heteroatoms. The summed E-state index contributed by atoms with van der Waals surface area (Å²) in [5, 5.41) is 7.90. The van der Waals surface area contributed by atoms with E-state index in [1.165, 1.54) is 6.07 Å². The van der Waals surface area contributed by atoms with Gasteiger partial charge in [-0.05, 0) is 36.6 Å². The molecule has 0 fully saturated rings. The zero-order chi connectivity index (χ0) is 24.0. The maximum absolute atomic E-state index is 13.7. The second kappa shape index (κ2) is 8.72. The molecule has 0 saturated carbocycles. The Morgan fingerprint density at radius 2 is 2.06 bits per heavy atom. The van der Waals surface area contributed by atoms with Crippen LogP contribution in [0.15, 0.2) is 48.7 Å². The predicted octanol–water partition coefficient (Wildman–Crippen LogP) is 5.87. The van der Waals surface area contributed by atoms with Gasteiger partial charge in [-0.15, -0.1) is 0 Å². The topological polar surface area (TPSA) is 68.5 Å². The highest BCUT2D eigenvalue weighted by Crippen LogP contribution is 2.34. The van der Waals surface area contributed by atoms with Gasteiger partial charge >= 0.3 is 0 Å². The van der Waals surface area contributed by atoms with Crippen LogP contribution in [0.5, 0.6) is 5.75 Å². The van der Waals surface area contributed by atoms with Gasteiger partial charge in [0.1, 0.15) is 11.6 Å². The number of rotatable bonds is 4. The van der Waals surface area contributed by atoms with Crippen LogP contribution in [-0.4, -0.2) is 27.1 Å². The van der Waals surface area contributed by atoms with E-state index in [9.17, 15) is 9.18 Å². The monoisotopic (exact) mass is 478 g/mol. The van der Waals surface area contributed by atoms with E-state index in [-0.39, 0.29) is 22.9 Å². The summed E-state index contributed by atoms with van der Waals surface area (Å²) in [6.45, 7) is 6.43. The van der Waals surface area contributed by atoms with Crippen molar-refractivity contribution in [3.63, 3.8) is 0 Å². The van der Waals surface area contributed by atoms with Crippen molar-refractivity contribution in [3.8, 4) is 16.9 Å². The van der Waals surface area contributed by atoms with Crippen molar-refractivity contribution in [2.45, 2.75) is 39.2 Å². The molecule has 0 aliphatic carbocycles. The standard InChI is InChI=1S/C26H24ClFN4O2/c1-14(2)24-18(26(33)30-21-10-11-34-22-7-5-4-6-17(21)22)13-29-25-23(15(3)31-32(24)25)16-8-9-20(28)19(27)12-16/h4-9,12-14,21H,10-11H2,1-3H3,(H,30,33)/t21-/m0/s1. The summed E-state index contributed by atoms with van der Waals surface area (Å²) in [5.74, 6) is 0.0996. The number of nitrogens with one attached hydrogen (secondary N) is 1. The van der Waals surface area contributed by atoms with E-state index in [0.29, 0.717) is 29.9 Å². The van der Waals surface area contributed by atoms with Crippen LogP contribution in [0.2, 0.25) is 5.02 Å². The molecule has 4 aromatic rings. The van der Waals surface area contributed by atoms with Crippen molar-refractivity contribution in [1.82, 2.24) is 19.9 Å². The first-order valence-electron chi connectivity index (χ1n) is 11.2. The van der Waals surface area contributed by atoms with Gasteiger partial charge in [0.05, 0.1) is 34.6 Å². The molecule has 0 spiro atoms. The number of carbonyl (C=O) groups is 1. The lowest BCUT2D eigenvalue weighted by Gasteiger charge is -2.27. The Bertz CT molecular complexity index is 1420. The molecule has 34 heavy (non-hydrogen) atoms. The highest BCUT2D eigenvalue weighted by atomic mass is 35.5. The van der Waals surface area contributed by atoms with Crippen LogP contribution in [0.3, 0.4) is 0 Å². The minimum atomic E-state index is -0.482. The summed E-state index contributed by atoms with van der Waals surface area (Å²) in [6, 6.07) is 12.2. The smallest absolute Gasteiger partial charge is 0.255 e. The number of carbonyl (C=O) groups excluding carboxylic acids is 1. The first-order valence-corrected chi connectivity index (χ1v) is 11.6. The molecule has 1 amide bonds. The van der Waals surface area contributed by atoms with Crippen LogP contribution >= 0.6 is 11.6 Å². The zero-order valence-electron chi connectivity index (χ0n) is 19.1. The van der Waals surface area contributed by atoms with E-state index in [1.54, 1.807) is 22.8 Å². The summed E-state index contributed by atoms with van der Waals surface area (Å²) in [5.41, 5.74) is 4.98. The number of halogens is 2. The third-order valence-electron chi connectivity index (χ3n) is 6.12. The van der Waals surface area contributed by atoms with Crippen LogP contribution < -0.4 is 10.1 Å². The van der Waals surface area contributed by atoms with Gasteiger partial charge in [0.25, 0.3) is 5.91 Å². The lowest BCUT2D eigenvalue weighted by atomic mass is 9.99. The average Bonchev–Trinajstić information content (AvgIpc) is 3.16. The van der Waals surface area contributed by atoms with Crippen LogP contribution in [0.1, 0.15) is 59.5 Å². The number of benzene rings is 2. The van der Waals surface area contributed by atoms with Gasteiger partial charge in [-0.3, -0.25) is 4.79 Å². The number of ether oxygens (including phenoxy) is 1. The Balaban J connectivity index is 1.57. The third-order valence-corrected chi connectivity index (χ3v) is 6.41. The quantitative estimate of drug-likeness (QED) is 0.398. The summed E-state index contributed by atoms with van der Waals surface area (Å²) in [6.07, 6.45) is 2.28. The van der Waals surface area contributed by atoms with Crippen molar-refractivity contribution in [3.05, 3.63) is 82.0 Å². The number of aryl methyl sites for hydroxylation is 1. The molecule has 6 nitrogen and oxygen atoms in total. The summed E-state index contributed by atoms with van der Waals surface area (Å²) in [7, 11) is 0. The first-order chi connectivity index (χ1) is 16.3. The third kappa shape index (κ3) is 3.80. The van der Waals surface area contributed by atoms with Gasteiger partial charge in [-0.1, -0.05) is 49.7 Å². The Morgan fingerprint density at radius 3 is 2.82 bits per heavy atom. The van der Waals surface area contributed by atoms with E-state index in [1.807, 2.05) is 45.0 Å². The zero-order valence-corrected chi connectivity index (χ0v) is 19.9. The molecule has 1 aliphatic heterocycles. The minimum absolute atomic E-state index is 0.00261. The SMILES string of the molecule is Cc1nn2c(C(C)C)c(C(=O)N[C@H]3CCOc4ccccc43)cnc2c1-c1ccc(F)c(Cl)c1. The highest BCUT2D eigenvalue weighted by molar-refractivity contribution is 6.31. The maximum Gasteiger partial charge on any atom is 0.255 e. The van der Waals surface area contributed by atoms with Gasteiger partial charge in [0.15, 0.2) is 5.65 Å². The molecule has 174 valence electrons. The number of hydrogen-bond acceptors (Lipinski definition) is 4. The highest BCUT2D eigenvalue weighted by Gasteiger charge is 2.27. The Kier molecular flexibility index (Phi) is 5.73. The van der Waals surface area contributed by atoms with Gasteiger partial charge in [0, 0.05) is 23.7 Å². The number of para-hydroxylation sites is 1. The first kappa shape index (κ1) is 22.3. The fraction of sp³-hybridized carbons (Fsp3) is 0.269. The van der Waals surface area contributed by atoms with Gasteiger partial charge in [-0.2, -0.15) is 5.10 Å². The summed E-state index contributed by atoms with van der Waals surface area (Å²) in [4.78, 5) is 18.1. The molecule has 1 N–H and O–H groups in total. The van der Waals surface area contributed by atoms with Gasteiger partial charge in [-0.25, -0.2) is 13.9 Å². The van der Waals surface area contributed by atoms with Gasteiger partial charge in [0.2, 0.25) is 0 Å². The van der Waals surface area contributed by atoms with Crippen LogP contribution in [-0.2, 0) is 0 Å². The molecule has 5 rings (SSSR count). The van der Waals surface area contributed by atoms with Crippen LogP contribution in [0.4, 0.5) is 4.39 Å². The molecule has 0 unspecified atom stereocenters. The Hall–Kier alpha value is -3.45. The molecule has 2 aromatic heterocycles. The van der Waals surface area contributed by atoms with Crippen molar-refractivity contribution < 1.29 is 13.9 Å². The maximum atomic E-state index is 13.7. The lowest BCUT2D eigenvalue weighted by Crippen LogP contribution is -2.33. The molecule has 0 radical (unpaired) electrons. The number of nitrogens with zero attached hydrogens (tertiary/aromatic N) is 3. The summed E-state index contributed by atoms with van der Waals surface area (Å²) < 4.78 is 21.2. The lowest BCUT2D eigenvalue weighted by molar-refractivity contribution is 0.0922. The molecule has 2 aromatic carbocycles. The fourth-order valence-electron chi connectivity index (χ4n) is 4.56. The van der Waals surface area contributed by atoms with Crippen molar-refractivity contribution in [2.24, 2.45) is 0 Å². The molecule has 0 bridgehead atoms. The average molecular weight is 479 g/mol. The minimum Gasteiger partial charge on any atom is -0.493 e. The normalized spacial score (nSPS) is 15.3. The van der Waals surface area contributed by atoms with E-state index in [2.05, 4.69) is 10.3 Å². The van der Waals surface area contributed by atoms with E-state index in [4.69, 9.17) is 21.4 Å².